The van der Waals surface area contributed by atoms with E-state index in [-0.39, 0.29) is 23.8 Å². The topological polar surface area (TPSA) is 72.6 Å². The van der Waals surface area contributed by atoms with Crippen LogP contribution in [0, 0.1) is 18.6 Å². The standard InChI is InChI=1S/C24H19ClF2N2O3/c1-13-2-4-16(26)10-21(13)32-22-8-14(3-6-19(22)25)15-9-23(30)29(12-15)17-5-7-20(27)18(11-17)24(28)31/h2-8,10-11,15H,9,12H2,1H3,(H2,28,31)/t15-/m0/s1. The first-order valence-corrected chi connectivity index (χ1v) is 10.2. The normalized spacial score (nSPS) is 15.8. The van der Waals surface area contributed by atoms with Crippen LogP contribution in [0.3, 0.4) is 0 Å². The third kappa shape index (κ3) is 4.29. The molecule has 0 saturated carbocycles. The van der Waals surface area contributed by atoms with Crippen molar-refractivity contribution in [3.8, 4) is 11.5 Å². The zero-order valence-corrected chi connectivity index (χ0v) is 17.8. The highest BCUT2D eigenvalue weighted by molar-refractivity contribution is 6.32. The number of hydrogen-bond donors (Lipinski definition) is 1. The maximum Gasteiger partial charge on any atom is 0.251 e. The average molecular weight is 457 g/mol. The van der Waals surface area contributed by atoms with E-state index in [0.29, 0.717) is 28.8 Å². The molecular weight excluding hydrogens is 438 g/mol. The largest absolute Gasteiger partial charge is 0.455 e. The van der Waals surface area contributed by atoms with Crippen LogP contribution in [0.2, 0.25) is 5.02 Å². The highest BCUT2D eigenvalue weighted by Gasteiger charge is 2.32. The summed E-state index contributed by atoms with van der Waals surface area (Å²) in [7, 11) is 0. The Hall–Kier alpha value is -3.45. The molecule has 0 radical (unpaired) electrons. The van der Waals surface area contributed by atoms with Gasteiger partial charge in [0.1, 0.15) is 23.1 Å². The van der Waals surface area contributed by atoms with E-state index in [1.807, 2.05) is 0 Å². The summed E-state index contributed by atoms with van der Waals surface area (Å²) in [5, 5.41) is 0.350. The first-order valence-electron chi connectivity index (χ1n) is 9.86. The van der Waals surface area contributed by atoms with Gasteiger partial charge >= 0.3 is 0 Å². The summed E-state index contributed by atoms with van der Waals surface area (Å²) < 4.78 is 33.3. The van der Waals surface area contributed by atoms with Gasteiger partial charge in [0.15, 0.2) is 0 Å². The molecule has 1 fully saturated rings. The van der Waals surface area contributed by atoms with Crippen molar-refractivity contribution in [1.82, 2.24) is 0 Å². The molecule has 5 nitrogen and oxygen atoms in total. The maximum atomic E-state index is 13.8. The van der Waals surface area contributed by atoms with Crippen molar-refractivity contribution in [2.24, 2.45) is 5.73 Å². The molecule has 32 heavy (non-hydrogen) atoms. The minimum absolute atomic E-state index is 0.171. The second kappa shape index (κ2) is 8.59. The summed E-state index contributed by atoms with van der Waals surface area (Å²) in [6.07, 6.45) is 0.212. The minimum Gasteiger partial charge on any atom is -0.455 e. The van der Waals surface area contributed by atoms with Gasteiger partial charge < -0.3 is 15.4 Å². The Morgan fingerprint density at radius 1 is 1.09 bits per heavy atom. The van der Waals surface area contributed by atoms with Crippen LogP contribution in [0.1, 0.15) is 33.8 Å². The second-order valence-electron chi connectivity index (χ2n) is 7.64. The summed E-state index contributed by atoms with van der Waals surface area (Å²) in [4.78, 5) is 25.6. The Bertz CT molecular complexity index is 1230. The van der Waals surface area contributed by atoms with Crippen molar-refractivity contribution in [2.75, 3.05) is 11.4 Å². The van der Waals surface area contributed by atoms with Gasteiger partial charge in [-0.2, -0.15) is 0 Å². The van der Waals surface area contributed by atoms with Crippen LogP contribution in [0.5, 0.6) is 11.5 Å². The first kappa shape index (κ1) is 21.8. The number of anilines is 1. The number of aryl methyl sites for hydroxylation is 1. The molecule has 0 spiro atoms. The zero-order valence-electron chi connectivity index (χ0n) is 17.1. The number of carbonyl (C=O) groups excluding carboxylic acids is 2. The predicted octanol–water partition coefficient (Wildman–Crippen LogP) is 5.34. The van der Waals surface area contributed by atoms with Crippen molar-refractivity contribution in [2.45, 2.75) is 19.3 Å². The quantitative estimate of drug-likeness (QED) is 0.563. The number of amides is 2. The number of ether oxygens (including phenoxy) is 1. The molecule has 2 amide bonds. The van der Waals surface area contributed by atoms with Gasteiger partial charge in [-0.1, -0.05) is 23.7 Å². The molecule has 0 bridgehead atoms. The fourth-order valence-electron chi connectivity index (χ4n) is 3.70. The molecule has 1 aliphatic rings. The van der Waals surface area contributed by atoms with Crippen LogP contribution in [0.4, 0.5) is 14.5 Å². The number of hydrogen-bond acceptors (Lipinski definition) is 3. The molecule has 2 N–H and O–H groups in total. The van der Waals surface area contributed by atoms with Gasteiger partial charge in [0.05, 0.1) is 10.6 Å². The third-order valence-corrected chi connectivity index (χ3v) is 5.76. The van der Waals surface area contributed by atoms with E-state index in [1.54, 1.807) is 31.2 Å². The molecule has 1 atom stereocenters. The number of nitrogens with zero attached hydrogens (tertiary/aromatic N) is 1. The molecule has 164 valence electrons. The Balaban J connectivity index is 1.59. The summed E-state index contributed by atoms with van der Waals surface area (Å²) in [5.41, 5.74) is 6.90. The van der Waals surface area contributed by atoms with Crippen molar-refractivity contribution >= 4 is 29.1 Å². The van der Waals surface area contributed by atoms with Gasteiger partial charge in [-0.3, -0.25) is 9.59 Å². The summed E-state index contributed by atoms with van der Waals surface area (Å²) in [6.45, 7) is 2.12. The summed E-state index contributed by atoms with van der Waals surface area (Å²) in [5.74, 6) is -1.73. The van der Waals surface area contributed by atoms with E-state index in [9.17, 15) is 18.4 Å². The van der Waals surface area contributed by atoms with Crippen LogP contribution in [-0.4, -0.2) is 18.4 Å². The molecule has 4 rings (SSSR count). The third-order valence-electron chi connectivity index (χ3n) is 5.45. The van der Waals surface area contributed by atoms with Gasteiger partial charge in [-0.15, -0.1) is 0 Å². The lowest BCUT2D eigenvalue weighted by Crippen LogP contribution is -2.25. The van der Waals surface area contributed by atoms with Gasteiger partial charge in [-0.25, -0.2) is 8.78 Å². The molecule has 1 aliphatic heterocycles. The van der Waals surface area contributed by atoms with Crippen LogP contribution in [0.25, 0.3) is 0 Å². The summed E-state index contributed by atoms with van der Waals surface area (Å²) >= 11 is 6.28. The van der Waals surface area contributed by atoms with Crippen molar-refractivity contribution < 1.29 is 23.1 Å². The van der Waals surface area contributed by atoms with E-state index in [4.69, 9.17) is 22.1 Å². The predicted molar refractivity (Wildman–Crippen MR) is 117 cm³/mol. The zero-order chi connectivity index (χ0) is 23.0. The summed E-state index contributed by atoms with van der Waals surface area (Å²) in [6, 6.07) is 13.3. The molecule has 3 aromatic rings. The average Bonchev–Trinajstić information content (AvgIpc) is 3.14. The lowest BCUT2D eigenvalue weighted by molar-refractivity contribution is -0.117. The molecule has 0 unspecified atom stereocenters. The fourth-order valence-corrected chi connectivity index (χ4v) is 3.86. The first-order chi connectivity index (χ1) is 15.2. The molecular formula is C24H19ClF2N2O3. The number of halogens is 3. The van der Waals surface area contributed by atoms with E-state index in [0.717, 1.165) is 17.2 Å². The Morgan fingerprint density at radius 2 is 1.88 bits per heavy atom. The van der Waals surface area contributed by atoms with Gasteiger partial charge in [0.2, 0.25) is 5.91 Å². The van der Waals surface area contributed by atoms with E-state index in [2.05, 4.69) is 0 Å². The Labute approximate surface area is 188 Å². The number of carbonyl (C=O) groups is 2. The number of rotatable bonds is 5. The molecule has 0 aromatic heterocycles. The molecule has 8 heteroatoms. The van der Waals surface area contributed by atoms with E-state index >= 15 is 0 Å². The van der Waals surface area contributed by atoms with Gasteiger partial charge in [-0.05, 0) is 54.4 Å². The number of primary amides is 1. The van der Waals surface area contributed by atoms with Crippen LogP contribution in [-0.2, 0) is 4.79 Å². The van der Waals surface area contributed by atoms with Crippen LogP contribution < -0.4 is 15.4 Å². The van der Waals surface area contributed by atoms with Crippen LogP contribution >= 0.6 is 11.6 Å². The van der Waals surface area contributed by atoms with Crippen molar-refractivity contribution in [1.29, 1.82) is 0 Å². The maximum absolute atomic E-state index is 13.8. The monoisotopic (exact) mass is 456 g/mol. The van der Waals surface area contributed by atoms with Crippen LogP contribution in [0.15, 0.2) is 54.6 Å². The molecule has 1 heterocycles. The van der Waals surface area contributed by atoms with Gasteiger partial charge in [0.25, 0.3) is 5.91 Å². The van der Waals surface area contributed by atoms with Gasteiger partial charge in [0, 0.05) is 30.6 Å². The molecule has 1 saturated heterocycles. The molecule has 0 aliphatic carbocycles. The SMILES string of the molecule is Cc1ccc(F)cc1Oc1cc([C@H]2CC(=O)N(c3ccc(F)c(C(N)=O)c3)C2)ccc1Cl. The van der Waals surface area contributed by atoms with E-state index in [1.165, 1.54) is 29.2 Å². The number of nitrogens with two attached hydrogens (primary N) is 1. The molecule has 3 aromatic carbocycles. The highest BCUT2D eigenvalue weighted by atomic mass is 35.5. The highest BCUT2D eigenvalue weighted by Crippen LogP contribution is 2.38. The van der Waals surface area contributed by atoms with Crippen molar-refractivity contribution in [3.63, 3.8) is 0 Å². The lowest BCUT2D eigenvalue weighted by Gasteiger charge is -2.18. The fraction of sp³-hybridized carbons (Fsp3) is 0.167. The minimum atomic E-state index is -0.903. The lowest BCUT2D eigenvalue weighted by atomic mass is 9.98. The second-order valence-corrected chi connectivity index (χ2v) is 8.04. The Kier molecular flexibility index (Phi) is 5.84. The van der Waals surface area contributed by atoms with Crippen molar-refractivity contribution in [3.05, 3.63) is 87.9 Å². The van der Waals surface area contributed by atoms with E-state index < -0.39 is 17.5 Å². The smallest absolute Gasteiger partial charge is 0.251 e. The Morgan fingerprint density at radius 3 is 2.62 bits per heavy atom. The number of benzene rings is 3.